The number of halogens is 2. The van der Waals surface area contributed by atoms with Gasteiger partial charge in [0, 0.05) is 35.4 Å². The summed E-state index contributed by atoms with van der Waals surface area (Å²) in [6.07, 6.45) is 0.603. The van der Waals surface area contributed by atoms with Gasteiger partial charge in [-0.2, -0.15) is 4.39 Å². The fourth-order valence-electron chi connectivity index (χ4n) is 3.86. The van der Waals surface area contributed by atoms with Crippen molar-refractivity contribution < 1.29 is 70.3 Å². The van der Waals surface area contributed by atoms with Gasteiger partial charge in [-0.25, -0.2) is 0 Å². The molecule has 1 unspecified atom stereocenters. The van der Waals surface area contributed by atoms with E-state index < -0.39 is 16.4 Å². The summed E-state index contributed by atoms with van der Waals surface area (Å²) in [6.45, 7) is 10.2. The van der Waals surface area contributed by atoms with Crippen LogP contribution in [0.3, 0.4) is 0 Å². The molecule has 2 N–H and O–H groups in total. The van der Waals surface area contributed by atoms with Crippen LogP contribution in [0.15, 0.2) is 97.1 Å². The van der Waals surface area contributed by atoms with Gasteiger partial charge in [-0.1, -0.05) is 86.6 Å². The first-order valence-electron chi connectivity index (χ1n) is 12.4. The van der Waals surface area contributed by atoms with Crippen molar-refractivity contribution in [3.63, 3.8) is 0 Å². The van der Waals surface area contributed by atoms with Crippen LogP contribution in [-0.4, -0.2) is 9.85 Å². The van der Waals surface area contributed by atoms with E-state index in [-0.39, 0.29) is 72.6 Å². The predicted octanol–water partition coefficient (Wildman–Crippen LogP) is 2.26. The van der Waals surface area contributed by atoms with E-state index in [9.17, 15) is 24.6 Å². The molecule has 4 rings (SSSR count). The average molecular weight is 589 g/mol. The van der Waals surface area contributed by atoms with Gasteiger partial charge in [0.1, 0.15) is 5.92 Å². The summed E-state index contributed by atoms with van der Waals surface area (Å²) in [5, 5.41) is 21.0. The van der Waals surface area contributed by atoms with Gasteiger partial charge < -0.3 is 10.4 Å². The van der Waals surface area contributed by atoms with E-state index in [0.29, 0.717) is 12.3 Å². The van der Waals surface area contributed by atoms with Crippen LogP contribution in [0.25, 0.3) is 0 Å². The third kappa shape index (κ3) is 12.1. The maximum absolute atomic E-state index is 12.4. The van der Waals surface area contributed by atoms with E-state index >= 15 is 0 Å². The maximum Gasteiger partial charge on any atom is 1.00 e. The molecule has 0 aliphatic rings. The molecule has 210 valence electrons. The van der Waals surface area contributed by atoms with Crippen LogP contribution < -0.4 is 61.8 Å². The standard InChI is InChI=1S/C16H17NO2.C9H12N.C6H4FNO2.FH.K/c1-12(2)15-9-5-3-7-13(15)11-14-8-4-6-10-16(14)17(18)19;1-7(2)8-5-3-4-6-9(8)10;7-5-3-1-2-4-6(5)8(9)10;;/h3-10,12H,11H2,1-2H3;3-7H,1,10H2,2H3;1-4H;1H;/q;+1;;;+1/p-1. The average Bonchev–Trinajstić information content (AvgIpc) is 2.90. The van der Waals surface area contributed by atoms with Crippen molar-refractivity contribution in [3.8, 4) is 0 Å². The third-order valence-corrected chi connectivity index (χ3v) is 5.82. The van der Waals surface area contributed by atoms with Crippen LogP contribution in [0.4, 0.5) is 21.5 Å². The number of para-hydroxylation sites is 3. The van der Waals surface area contributed by atoms with Crippen LogP contribution in [0, 0.1) is 33.0 Å². The molecule has 1 atom stereocenters. The van der Waals surface area contributed by atoms with Gasteiger partial charge in [0.05, 0.1) is 16.8 Å². The third-order valence-electron chi connectivity index (χ3n) is 5.82. The number of nitrogens with zero attached hydrogens (tertiary/aromatic N) is 2. The van der Waals surface area contributed by atoms with Crippen molar-refractivity contribution in [2.45, 2.75) is 39.0 Å². The zero-order valence-electron chi connectivity index (χ0n) is 23.7. The number of hydrogen-bond acceptors (Lipinski definition) is 5. The molecule has 10 heteroatoms. The molecule has 41 heavy (non-hydrogen) atoms. The fourth-order valence-corrected chi connectivity index (χ4v) is 3.86. The van der Waals surface area contributed by atoms with E-state index in [1.807, 2.05) is 61.5 Å². The largest absolute Gasteiger partial charge is 1.00 e. The Bertz CT molecular complexity index is 1400. The number of nitrogens with two attached hydrogens (primary N) is 1. The van der Waals surface area contributed by atoms with Gasteiger partial charge >= 0.3 is 57.1 Å². The van der Waals surface area contributed by atoms with Gasteiger partial charge in [-0.3, -0.25) is 20.2 Å². The SMILES string of the molecule is CC(C)c1ccccc1Cc1ccccc1[N+](=O)[O-].O=[N+]([O-])c1ccccc1F.[CH2+]C(C)c1ccccc1N.[F-].[K+]. The summed E-state index contributed by atoms with van der Waals surface area (Å²) in [4.78, 5) is 20.0. The number of hydrogen-bond donors (Lipinski definition) is 1. The molecule has 0 saturated heterocycles. The number of nitro groups is 2. The van der Waals surface area contributed by atoms with E-state index in [4.69, 9.17) is 5.73 Å². The van der Waals surface area contributed by atoms with E-state index in [0.717, 1.165) is 34.5 Å². The Balaban J connectivity index is 0.000000622. The smallest absolute Gasteiger partial charge is 1.00 e. The summed E-state index contributed by atoms with van der Waals surface area (Å²) < 4.78 is 12.4. The molecule has 4 aromatic carbocycles. The van der Waals surface area contributed by atoms with Crippen LogP contribution >= 0.6 is 0 Å². The summed E-state index contributed by atoms with van der Waals surface area (Å²) in [5.74, 6) is -0.104. The Morgan fingerprint density at radius 1 is 0.732 bits per heavy atom. The molecule has 4 aromatic rings. The Labute approximate surface area is 282 Å². The number of nitrogen functional groups attached to an aromatic ring is 1. The molecule has 0 aliphatic heterocycles. The molecule has 0 aliphatic carbocycles. The molecule has 0 saturated carbocycles. The minimum Gasteiger partial charge on any atom is -1.00 e. The molecular weight excluding hydrogens is 555 g/mol. The molecule has 7 nitrogen and oxygen atoms in total. The molecule has 0 radical (unpaired) electrons. The van der Waals surface area contributed by atoms with Gasteiger partial charge in [-0.15, -0.1) is 0 Å². The molecule has 0 aromatic heterocycles. The molecular formula is C31H33F2KN3O4+. The summed E-state index contributed by atoms with van der Waals surface area (Å²) in [5.41, 5.74) is 10.5. The second-order valence-corrected chi connectivity index (χ2v) is 9.15. The molecule has 0 fully saturated rings. The van der Waals surface area contributed by atoms with Crippen molar-refractivity contribution in [1.82, 2.24) is 0 Å². The van der Waals surface area contributed by atoms with Crippen molar-refractivity contribution in [3.05, 3.63) is 152 Å². The zero-order valence-corrected chi connectivity index (χ0v) is 26.8. The van der Waals surface area contributed by atoms with Crippen LogP contribution in [0.1, 0.15) is 54.9 Å². The first-order chi connectivity index (χ1) is 18.5. The van der Waals surface area contributed by atoms with Crippen molar-refractivity contribution in [2.75, 3.05) is 5.73 Å². The Hall–Kier alpha value is -3.15. The van der Waals surface area contributed by atoms with Gasteiger partial charge in [0.15, 0.2) is 0 Å². The Kier molecular flexibility index (Phi) is 17.6. The van der Waals surface area contributed by atoms with Gasteiger partial charge in [0.25, 0.3) is 5.69 Å². The monoisotopic (exact) mass is 588 g/mol. The predicted molar refractivity (Wildman–Crippen MR) is 154 cm³/mol. The molecule has 0 spiro atoms. The van der Waals surface area contributed by atoms with Gasteiger partial charge in [0.2, 0.25) is 5.82 Å². The fraction of sp³-hybridized carbons (Fsp3) is 0.194. The van der Waals surface area contributed by atoms with Crippen molar-refractivity contribution in [1.29, 1.82) is 0 Å². The van der Waals surface area contributed by atoms with Crippen LogP contribution in [-0.2, 0) is 6.42 Å². The minimum absolute atomic E-state index is 0. The molecule has 0 amide bonds. The quantitative estimate of drug-likeness (QED) is 0.122. The normalized spacial score (nSPS) is 10.4. The second-order valence-electron chi connectivity index (χ2n) is 9.15. The first kappa shape index (κ1) is 37.8. The van der Waals surface area contributed by atoms with Gasteiger partial charge in [-0.05, 0) is 36.1 Å². The number of anilines is 1. The Morgan fingerprint density at radius 3 is 1.61 bits per heavy atom. The number of rotatable bonds is 6. The van der Waals surface area contributed by atoms with Crippen molar-refractivity contribution in [2.24, 2.45) is 0 Å². The number of benzene rings is 4. The second kappa shape index (κ2) is 19.1. The zero-order chi connectivity index (χ0) is 28.9. The summed E-state index contributed by atoms with van der Waals surface area (Å²) in [6, 6.07) is 27.9. The van der Waals surface area contributed by atoms with E-state index in [1.165, 1.54) is 17.7 Å². The van der Waals surface area contributed by atoms with Crippen LogP contribution in [0.5, 0.6) is 0 Å². The molecule has 0 bridgehead atoms. The Morgan fingerprint density at radius 2 is 1.17 bits per heavy atom. The number of nitro benzene ring substituents is 2. The minimum atomic E-state index is -0.799. The van der Waals surface area contributed by atoms with E-state index in [1.54, 1.807) is 12.1 Å². The first-order valence-corrected chi connectivity index (χ1v) is 12.4. The maximum atomic E-state index is 12.4. The summed E-state index contributed by atoms with van der Waals surface area (Å²) in [7, 11) is 0. The van der Waals surface area contributed by atoms with Crippen LogP contribution in [0.2, 0.25) is 0 Å². The summed E-state index contributed by atoms with van der Waals surface area (Å²) >= 11 is 0. The van der Waals surface area contributed by atoms with E-state index in [2.05, 4.69) is 26.8 Å². The van der Waals surface area contributed by atoms with Crippen molar-refractivity contribution >= 4 is 17.1 Å². The topological polar surface area (TPSA) is 112 Å². The molecule has 0 heterocycles.